The van der Waals surface area contributed by atoms with Crippen LogP contribution in [0.3, 0.4) is 0 Å². The van der Waals surface area contributed by atoms with Crippen molar-refractivity contribution < 1.29 is 9.53 Å². The molecule has 0 saturated heterocycles. The van der Waals surface area contributed by atoms with Gasteiger partial charge in [0.2, 0.25) is 0 Å². The molecule has 0 N–H and O–H groups in total. The fraction of sp³-hybridized carbons (Fsp3) is 0.966. The Kier molecular flexibility index (Phi) is 22.4. The minimum Gasteiger partial charge on any atom is -0.466 e. The second-order valence-corrected chi connectivity index (χ2v) is 11.5. The molecule has 1 aliphatic carbocycles. The maximum absolute atomic E-state index is 12.0. The molecule has 0 spiro atoms. The summed E-state index contributed by atoms with van der Waals surface area (Å²) >= 11 is 2.03. The van der Waals surface area contributed by atoms with E-state index in [-0.39, 0.29) is 5.97 Å². The van der Waals surface area contributed by atoms with Gasteiger partial charge in [-0.1, -0.05) is 135 Å². The summed E-state index contributed by atoms with van der Waals surface area (Å²) in [5, 5.41) is 0.766. The maximum atomic E-state index is 12.0. The monoisotopic (exact) mass is 468 g/mol. The zero-order chi connectivity index (χ0) is 23.0. The number of carbonyl (C=O) groups is 1. The van der Waals surface area contributed by atoms with Crippen molar-refractivity contribution in [1.29, 1.82) is 0 Å². The van der Waals surface area contributed by atoms with Crippen molar-refractivity contribution in [1.82, 2.24) is 0 Å². The van der Waals surface area contributed by atoms with Crippen molar-refractivity contribution in [2.45, 2.75) is 166 Å². The molecule has 0 aromatic rings. The summed E-state index contributed by atoms with van der Waals surface area (Å²) in [6.07, 6.45) is 32.1. The van der Waals surface area contributed by atoms with Crippen LogP contribution in [-0.2, 0) is 9.53 Å². The first-order valence-corrected chi connectivity index (χ1v) is 15.6. The first-order chi connectivity index (χ1) is 15.8. The fourth-order valence-corrected chi connectivity index (χ4v) is 6.09. The summed E-state index contributed by atoms with van der Waals surface area (Å²) in [5.74, 6) is 0.968. The lowest BCUT2D eigenvalue weighted by Crippen LogP contribution is -2.09. The molecule has 1 saturated carbocycles. The van der Waals surface area contributed by atoms with Gasteiger partial charge in [-0.15, -0.1) is 0 Å². The second-order valence-electron chi connectivity index (χ2n) is 10.1. The van der Waals surface area contributed by atoms with Crippen molar-refractivity contribution in [3.8, 4) is 0 Å². The third-order valence-corrected chi connectivity index (χ3v) is 8.36. The summed E-state index contributed by atoms with van der Waals surface area (Å²) < 4.78 is 5.48. The summed E-state index contributed by atoms with van der Waals surface area (Å²) in [4.78, 5) is 12.0. The smallest absolute Gasteiger partial charge is 0.306 e. The van der Waals surface area contributed by atoms with Gasteiger partial charge in [0.1, 0.15) is 0 Å². The number of ether oxygens (including phenoxy) is 1. The van der Waals surface area contributed by atoms with Gasteiger partial charge in [-0.3, -0.25) is 4.79 Å². The van der Waals surface area contributed by atoms with E-state index in [0.29, 0.717) is 13.0 Å². The predicted molar refractivity (Wildman–Crippen MR) is 144 cm³/mol. The van der Waals surface area contributed by atoms with Gasteiger partial charge in [0.05, 0.1) is 13.0 Å². The van der Waals surface area contributed by atoms with Crippen LogP contribution < -0.4 is 0 Å². The van der Waals surface area contributed by atoms with Gasteiger partial charge >= 0.3 is 5.97 Å². The van der Waals surface area contributed by atoms with Gasteiger partial charge in [0, 0.05) is 11.0 Å². The van der Waals surface area contributed by atoms with E-state index in [1.807, 2.05) is 11.8 Å². The van der Waals surface area contributed by atoms with Crippen molar-refractivity contribution in [3.05, 3.63) is 0 Å². The molecule has 0 bridgehead atoms. The van der Waals surface area contributed by atoms with Gasteiger partial charge in [-0.2, -0.15) is 11.8 Å². The molecule has 0 radical (unpaired) electrons. The van der Waals surface area contributed by atoms with Crippen molar-refractivity contribution in [2.75, 3.05) is 12.4 Å². The molecule has 32 heavy (non-hydrogen) atoms. The van der Waals surface area contributed by atoms with Crippen LogP contribution >= 0.6 is 11.8 Å². The normalized spacial score (nSPS) is 16.5. The van der Waals surface area contributed by atoms with Crippen LogP contribution in [0.4, 0.5) is 0 Å². The molecule has 0 amide bonds. The Morgan fingerprint density at radius 3 is 1.59 bits per heavy atom. The topological polar surface area (TPSA) is 26.3 Å². The zero-order valence-electron chi connectivity index (χ0n) is 21.7. The Morgan fingerprint density at radius 1 is 0.656 bits per heavy atom. The van der Waals surface area contributed by atoms with E-state index in [0.717, 1.165) is 17.4 Å². The molecule has 1 aliphatic rings. The quantitative estimate of drug-likeness (QED) is 0.148. The average molecular weight is 469 g/mol. The van der Waals surface area contributed by atoms with Gasteiger partial charge in [-0.25, -0.2) is 0 Å². The van der Waals surface area contributed by atoms with E-state index in [2.05, 4.69) is 6.92 Å². The minimum atomic E-state index is 0.0214. The summed E-state index contributed by atoms with van der Waals surface area (Å²) in [6, 6.07) is 0. The first-order valence-electron chi connectivity index (χ1n) is 14.6. The number of carbonyl (C=O) groups excluding carboxylic acids is 1. The molecular weight excluding hydrogens is 412 g/mol. The van der Waals surface area contributed by atoms with Gasteiger partial charge < -0.3 is 4.74 Å². The molecule has 3 heteroatoms. The summed E-state index contributed by atoms with van der Waals surface area (Å²) in [6.45, 7) is 2.91. The first kappa shape index (κ1) is 29.9. The number of rotatable bonds is 18. The van der Waals surface area contributed by atoms with E-state index >= 15 is 0 Å². The molecule has 0 unspecified atom stereocenters. The van der Waals surface area contributed by atoms with Crippen molar-refractivity contribution in [2.24, 2.45) is 0 Å². The summed E-state index contributed by atoms with van der Waals surface area (Å²) in [5.41, 5.74) is 0. The maximum Gasteiger partial charge on any atom is 0.306 e. The second kappa shape index (κ2) is 24.0. The Hall–Kier alpha value is -0.180. The third kappa shape index (κ3) is 20.4. The molecule has 0 aliphatic heterocycles. The molecule has 0 heterocycles. The lowest BCUT2D eigenvalue weighted by Gasteiger charge is -2.16. The van der Waals surface area contributed by atoms with Crippen LogP contribution in [0.1, 0.15) is 161 Å². The standard InChI is InChI=1S/C29H56O2S/c1-2-3-4-5-6-7-8-9-10-13-16-19-22-26-31-29(30)25-27-32-28-23-20-17-14-11-12-15-18-21-24-28/h28H,2-27H2,1H3. The predicted octanol–water partition coefficient (Wildman–Crippen LogP) is 10.0. The Labute approximate surface area is 205 Å². The van der Waals surface area contributed by atoms with Crippen LogP contribution in [0.15, 0.2) is 0 Å². The van der Waals surface area contributed by atoms with Crippen LogP contribution in [0.25, 0.3) is 0 Å². The number of hydrogen-bond donors (Lipinski definition) is 0. The summed E-state index contributed by atoms with van der Waals surface area (Å²) in [7, 11) is 0. The molecule has 1 fully saturated rings. The largest absolute Gasteiger partial charge is 0.466 e. The van der Waals surface area contributed by atoms with Crippen LogP contribution in [-0.4, -0.2) is 23.6 Å². The molecule has 2 nitrogen and oxygen atoms in total. The lowest BCUT2D eigenvalue weighted by atomic mass is 10.0. The van der Waals surface area contributed by atoms with Crippen molar-refractivity contribution >= 4 is 17.7 Å². The molecule has 0 atom stereocenters. The highest BCUT2D eigenvalue weighted by atomic mass is 32.2. The average Bonchev–Trinajstić information content (AvgIpc) is 2.85. The number of esters is 1. The Morgan fingerprint density at radius 2 is 1.09 bits per heavy atom. The van der Waals surface area contributed by atoms with Gasteiger partial charge in [-0.05, 0) is 19.3 Å². The van der Waals surface area contributed by atoms with Crippen LogP contribution in [0, 0.1) is 0 Å². The van der Waals surface area contributed by atoms with E-state index in [1.54, 1.807) is 0 Å². The molecule has 1 rings (SSSR count). The third-order valence-electron chi connectivity index (χ3n) is 6.97. The van der Waals surface area contributed by atoms with Crippen LogP contribution in [0.2, 0.25) is 0 Å². The highest BCUT2D eigenvalue weighted by Gasteiger charge is 2.12. The Balaban J connectivity index is 1.86. The Bertz CT molecular complexity index is 387. The van der Waals surface area contributed by atoms with E-state index in [1.165, 1.54) is 141 Å². The number of unbranched alkanes of at least 4 members (excludes halogenated alkanes) is 12. The molecule has 0 aromatic heterocycles. The van der Waals surface area contributed by atoms with Crippen LogP contribution in [0.5, 0.6) is 0 Å². The molecule has 190 valence electrons. The highest BCUT2D eigenvalue weighted by molar-refractivity contribution is 7.99. The molecule has 0 aromatic carbocycles. The van der Waals surface area contributed by atoms with Gasteiger partial charge in [0.25, 0.3) is 0 Å². The number of thioether (sulfide) groups is 1. The van der Waals surface area contributed by atoms with Crippen molar-refractivity contribution in [3.63, 3.8) is 0 Å². The van der Waals surface area contributed by atoms with E-state index in [4.69, 9.17) is 4.74 Å². The highest BCUT2D eigenvalue weighted by Crippen LogP contribution is 2.26. The molecular formula is C29H56O2S. The SMILES string of the molecule is CCCCCCCCCCCCCCCOC(=O)CCSC1CCCCCCCCCC1. The zero-order valence-corrected chi connectivity index (χ0v) is 22.5. The number of hydrogen-bond acceptors (Lipinski definition) is 3. The lowest BCUT2D eigenvalue weighted by molar-refractivity contribution is -0.143. The van der Waals surface area contributed by atoms with Gasteiger partial charge in [0.15, 0.2) is 0 Å². The van der Waals surface area contributed by atoms with E-state index in [9.17, 15) is 4.79 Å². The van der Waals surface area contributed by atoms with E-state index < -0.39 is 0 Å². The fourth-order valence-electron chi connectivity index (χ4n) is 4.80. The minimum absolute atomic E-state index is 0.0214.